The molecule has 1 aliphatic rings. The third-order valence-corrected chi connectivity index (χ3v) is 3.82. The summed E-state index contributed by atoms with van der Waals surface area (Å²) in [5, 5.41) is 0. The molecule has 0 saturated heterocycles. The molecule has 1 atom stereocenters. The van der Waals surface area contributed by atoms with Gasteiger partial charge in [0.05, 0.1) is 5.54 Å². The fourth-order valence-electron chi connectivity index (χ4n) is 2.57. The molecule has 0 saturated carbocycles. The Morgan fingerprint density at radius 3 is 2.88 bits per heavy atom. The first-order valence-electron chi connectivity index (χ1n) is 6.26. The predicted molar refractivity (Wildman–Crippen MR) is 71.4 cm³/mol. The van der Waals surface area contributed by atoms with Gasteiger partial charge in [-0.15, -0.1) is 0 Å². The average molecular weight is 234 g/mol. The quantitative estimate of drug-likeness (QED) is 0.844. The van der Waals surface area contributed by atoms with Gasteiger partial charge in [0, 0.05) is 32.5 Å². The summed E-state index contributed by atoms with van der Waals surface area (Å²) in [4.78, 5) is 2.45. The van der Waals surface area contributed by atoms with Crippen molar-refractivity contribution < 1.29 is 4.74 Å². The molecule has 1 heterocycles. The minimum absolute atomic E-state index is 0.00259. The minimum Gasteiger partial charge on any atom is -0.385 e. The van der Waals surface area contributed by atoms with Crippen LogP contribution in [0.5, 0.6) is 0 Å². The highest BCUT2D eigenvalue weighted by Crippen LogP contribution is 2.34. The topological polar surface area (TPSA) is 38.5 Å². The van der Waals surface area contributed by atoms with Crippen molar-refractivity contribution in [1.29, 1.82) is 0 Å². The van der Waals surface area contributed by atoms with E-state index in [1.54, 1.807) is 7.11 Å². The molecule has 1 unspecified atom stereocenters. The molecule has 1 aromatic carbocycles. The monoisotopic (exact) mass is 234 g/mol. The lowest BCUT2D eigenvalue weighted by molar-refractivity contribution is 0.171. The number of hydrogen-bond acceptors (Lipinski definition) is 3. The number of fused-ring (bicyclic) bond motifs is 1. The maximum absolute atomic E-state index is 5.99. The van der Waals surface area contributed by atoms with Gasteiger partial charge in [0.15, 0.2) is 0 Å². The third kappa shape index (κ3) is 2.31. The van der Waals surface area contributed by atoms with E-state index in [2.05, 4.69) is 36.1 Å². The smallest absolute Gasteiger partial charge is 0.0518 e. The van der Waals surface area contributed by atoms with E-state index < -0.39 is 0 Å². The Morgan fingerprint density at radius 1 is 1.41 bits per heavy atom. The van der Waals surface area contributed by atoms with Crippen LogP contribution in [0.15, 0.2) is 24.3 Å². The maximum atomic E-state index is 5.99. The summed E-state index contributed by atoms with van der Waals surface area (Å²) in [5.41, 5.74) is 8.77. The number of anilines is 1. The van der Waals surface area contributed by atoms with Crippen LogP contribution >= 0.6 is 0 Å². The number of rotatable bonds is 5. The number of para-hydroxylation sites is 1. The molecule has 3 nitrogen and oxygen atoms in total. The molecule has 0 fully saturated rings. The molecule has 2 N–H and O–H groups in total. The zero-order valence-electron chi connectivity index (χ0n) is 10.8. The fraction of sp³-hybridized carbons (Fsp3) is 0.571. The van der Waals surface area contributed by atoms with E-state index in [9.17, 15) is 0 Å². The molecule has 0 bridgehead atoms. The van der Waals surface area contributed by atoms with E-state index in [4.69, 9.17) is 10.5 Å². The van der Waals surface area contributed by atoms with Crippen LogP contribution in [0.4, 0.5) is 5.69 Å². The largest absolute Gasteiger partial charge is 0.385 e. The summed E-state index contributed by atoms with van der Waals surface area (Å²) < 4.78 is 5.20. The molecule has 17 heavy (non-hydrogen) atoms. The SMILES string of the molecule is COCCC(C)(CN)N1CCc2ccccc21. The van der Waals surface area contributed by atoms with Gasteiger partial charge >= 0.3 is 0 Å². The molecular weight excluding hydrogens is 212 g/mol. The highest BCUT2D eigenvalue weighted by atomic mass is 16.5. The van der Waals surface area contributed by atoms with Gasteiger partial charge in [0.25, 0.3) is 0 Å². The number of benzene rings is 1. The van der Waals surface area contributed by atoms with Gasteiger partial charge in [0.1, 0.15) is 0 Å². The van der Waals surface area contributed by atoms with Gasteiger partial charge in [0.2, 0.25) is 0 Å². The van der Waals surface area contributed by atoms with Gasteiger partial charge in [-0.3, -0.25) is 0 Å². The van der Waals surface area contributed by atoms with E-state index in [1.165, 1.54) is 11.3 Å². The summed E-state index contributed by atoms with van der Waals surface area (Å²) in [6.07, 6.45) is 2.09. The Hall–Kier alpha value is -1.06. The van der Waals surface area contributed by atoms with Crippen molar-refractivity contribution in [1.82, 2.24) is 0 Å². The van der Waals surface area contributed by atoms with E-state index in [0.717, 1.165) is 26.0 Å². The second-order valence-corrected chi connectivity index (χ2v) is 4.97. The van der Waals surface area contributed by atoms with Crippen molar-refractivity contribution in [2.75, 3.05) is 31.7 Å². The van der Waals surface area contributed by atoms with Crippen molar-refractivity contribution in [2.45, 2.75) is 25.3 Å². The molecule has 0 radical (unpaired) electrons. The molecule has 1 aliphatic heterocycles. The van der Waals surface area contributed by atoms with Crippen LogP contribution < -0.4 is 10.6 Å². The van der Waals surface area contributed by atoms with Crippen LogP contribution in [0.25, 0.3) is 0 Å². The first-order valence-corrected chi connectivity index (χ1v) is 6.26. The van der Waals surface area contributed by atoms with Crippen LogP contribution in [-0.4, -0.2) is 32.3 Å². The number of hydrogen-bond donors (Lipinski definition) is 1. The molecule has 0 aromatic heterocycles. The zero-order valence-corrected chi connectivity index (χ0v) is 10.8. The van der Waals surface area contributed by atoms with Crippen LogP contribution in [0.2, 0.25) is 0 Å². The first kappa shape index (κ1) is 12.4. The minimum atomic E-state index is 0.00259. The fourth-order valence-corrected chi connectivity index (χ4v) is 2.57. The Morgan fingerprint density at radius 2 is 2.18 bits per heavy atom. The third-order valence-electron chi connectivity index (χ3n) is 3.82. The van der Waals surface area contributed by atoms with Gasteiger partial charge in [-0.05, 0) is 31.4 Å². The number of ether oxygens (including phenoxy) is 1. The normalized spacial score (nSPS) is 17.9. The number of nitrogens with two attached hydrogens (primary N) is 1. The van der Waals surface area contributed by atoms with Gasteiger partial charge < -0.3 is 15.4 Å². The van der Waals surface area contributed by atoms with E-state index >= 15 is 0 Å². The molecule has 3 heteroatoms. The Bertz CT molecular complexity index is 380. The van der Waals surface area contributed by atoms with Crippen molar-refractivity contribution in [3.63, 3.8) is 0 Å². The van der Waals surface area contributed by atoms with Crippen LogP contribution in [0, 0.1) is 0 Å². The van der Waals surface area contributed by atoms with E-state index in [1.807, 2.05) is 0 Å². The highest BCUT2D eigenvalue weighted by molar-refractivity contribution is 5.59. The summed E-state index contributed by atoms with van der Waals surface area (Å²) in [7, 11) is 1.74. The standard InChI is InChI=1S/C14H22N2O/c1-14(11-15,8-10-17-2)16-9-7-12-5-3-4-6-13(12)16/h3-6H,7-11,15H2,1-2H3. The summed E-state index contributed by atoms with van der Waals surface area (Å²) >= 11 is 0. The van der Waals surface area contributed by atoms with Crippen molar-refractivity contribution >= 4 is 5.69 Å². The van der Waals surface area contributed by atoms with Gasteiger partial charge in [-0.25, -0.2) is 0 Å². The van der Waals surface area contributed by atoms with E-state index in [-0.39, 0.29) is 5.54 Å². The highest BCUT2D eigenvalue weighted by Gasteiger charge is 2.34. The average Bonchev–Trinajstić information content (AvgIpc) is 2.80. The Kier molecular flexibility index (Phi) is 3.69. The van der Waals surface area contributed by atoms with Crippen molar-refractivity contribution in [2.24, 2.45) is 5.73 Å². The lowest BCUT2D eigenvalue weighted by atomic mass is 9.95. The summed E-state index contributed by atoms with van der Waals surface area (Å²) in [5.74, 6) is 0. The molecule has 2 rings (SSSR count). The van der Waals surface area contributed by atoms with Gasteiger partial charge in [-0.2, -0.15) is 0 Å². The summed E-state index contributed by atoms with van der Waals surface area (Å²) in [6.45, 7) is 4.71. The molecule has 0 aliphatic carbocycles. The summed E-state index contributed by atoms with van der Waals surface area (Å²) in [6, 6.07) is 8.62. The predicted octanol–water partition coefficient (Wildman–Crippen LogP) is 1.80. The second kappa shape index (κ2) is 5.07. The Balaban J connectivity index is 2.22. The number of nitrogens with zero attached hydrogens (tertiary/aromatic N) is 1. The molecule has 0 amide bonds. The second-order valence-electron chi connectivity index (χ2n) is 4.97. The van der Waals surface area contributed by atoms with Crippen LogP contribution in [0.3, 0.4) is 0 Å². The maximum Gasteiger partial charge on any atom is 0.0518 e. The molecular formula is C14H22N2O. The first-order chi connectivity index (χ1) is 8.21. The molecule has 0 spiro atoms. The van der Waals surface area contributed by atoms with Crippen LogP contribution in [0.1, 0.15) is 18.9 Å². The van der Waals surface area contributed by atoms with Crippen LogP contribution in [-0.2, 0) is 11.2 Å². The molecule has 94 valence electrons. The number of methoxy groups -OCH3 is 1. The van der Waals surface area contributed by atoms with Gasteiger partial charge in [-0.1, -0.05) is 18.2 Å². The van der Waals surface area contributed by atoms with Crippen molar-refractivity contribution in [3.05, 3.63) is 29.8 Å². The van der Waals surface area contributed by atoms with E-state index in [0.29, 0.717) is 6.54 Å². The zero-order chi connectivity index (χ0) is 12.3. The lowest BCUT2D eigenvalue weighted by Gasteiger charge is -2.40. The lowest BCUT2D eigenvalue weighted by Crippen LogP contribution is -2.52. The Labute approximate surface area is 104 Å². The van der Waals surface area contributed by atoms with Crippen molar-refractivity contribution in [3.8, 4) is 0 Å². The molecule has 1 aromatic rings.